The largest absolute Gasteiger partial charge is 0.480 e. The average molecular weight is 217 g/mol. The molecule has 0 aromatic heterocycles. The molecule has 0 spiro atoms. The van der Waals surface area contributed by atoms with Crippen molar-refractivity contribution in [2.45, 2.75) is 32.8 Å². The van der Waals surface area contributed by atoms with Crippen molar-refractivity contribution in [2.24, 2.45) is 0 Å². The van der Waals surface area contributed by atoms with Crippen molar-refractivity contribution < 1.29 is 20.9 Å². The Labute approximate surface area is 89.7 Å². The fourth-order valence-electron chi connectivity index (χ4n) is 0.788. The summed E-state index contributed by atoms with van der Waals surface area (Å²) in [5.41, 5.74) is 0. The highest BCUT2D eigenvalue weighted by Gasteiger charge is 2.23. The van der Waals surface area contributed by atoms with E-state index in [1.54, 1.807) is 0 Å². The highest BCUT2D eigenvalue weighted by atomic mass is 16.4. The van der Waals surface area contributed by atoms with Crippen molar-refractivity contribution in [1.82, 2.24) is 10.2 Å². The summed E-state index contributed by atoms with van der Waals surface area (Å²) in [6.07, 6.45) is 0. The Morgan fingerprint density at radius 3 is 2.33 bits per heavy atom. The van der Waals surface area contributed by atoms with E-state index in [0.29, 0.717) is 0 Å². The Morgan fingerprint density at radius 2 is 1.93 bits per heavy atom. The van der Waals surface area contributed by atoms with Crippen LogP contribution in [0, 0.1) is 0 Å². The fraction of sp³-hybridized carbons (Fsp3) is 0.667. The molecule has 0 rings (SSSR count). The van der Waals surface area contributed by atoms with Gasteiger partial charge in [-0.2, -0.15) is 0 Å². The summed E-state index contributed by atoms with van der Waals surface area (Å²) in [4.78, 5) is 34.2. The smallest absolute Gasteiger partial charge is 0.325 e. The lowest BCUT2D eigenvalue weighted by Gasteiger charge is -2.23. The number of hydrogen-bond acceptors (Lipinski definition) is 3. The number of likely N-dealkylation sites (N-methyl/N-ethyl adjacent to an activating group) is 1. The zero-order chi connectivity index (χ0) is 12.9. The van der Waals surface area contributed by atoms with Crippen LogP contribution in [0.3, 0.4) is 0 Å². The van der Waals surface area contributed by atoms with Crippen LogP contribution in [0.4, 0.5) is 0 Å². The highest BCUT2D eigenvalue weighted by molar-refractivity contribution is 5.89. The van der Waals surface area contributed by atoms with E-state index in [-0.39, 0.29) is 0 Å². The van der Waals surface area contributed by atoms with Crippen LogP contribution >= 0.6 is 0 Å². The van der Waals surface area contributed by atoms with Gasteiger partial charge < -0.3 is 15.3 Å². The average Bonchev–Trinajstić information content (AvgIpc) is 2.25. The molecule has 0 radical (unpaired) electrons. The fourth-order valence-corrected chi connectivity index (χ4v) is 0.788. The molecule has 0 bridgehead atoms. The highest BCUT2D eigenvalue weighted by Crippen LogP contribution is 1.97. The second-order valence-electron chi connectivity index (χ2n) is 3.25. The van der Waals surface area contributed by atoms with Crippen LogP contribution in [0.5, 0.6) is 0 Å². The molecule has 0 saturated carbocycles. The molecule has 0 aromatic rings. The number of carboxylic acids is 1. The molecule has 2 N–H and O–H groups in total. The van der Waals surface area contributed by atoms with Crippen molar-refractivity contribution in [3.05, 3.63) is 0 Å². The third-order valence-corrected chi connectivity index (χ3v) is 2.08. The Kier molecular flexibility index (Phi) is 4.08. The summed E-state index contributed by atoms with van der Waals surface area (Å²) in [7, 11) is 1.40. The van der Waals surface area contributed by atoms with Crippen LogP contribution in [0.1, 0.15) is 22.1 Å². The minimum absolute atomic E-state index is 0.442. The molecule has 2 atom stereocenters. The number of carbonyl (C=O) groups is 3. The number of rotatable bonds is 4. The third-order valence-electron chi connectivity index (χ3n) is 2.08. The van der Waals surface area contributed by atoms with Crippen LogP contribution in [-0.4, -0.2) is 46.9 Å². The molecule has 6 heteroatoms. The first-order valence-corrected chi connectivity index (χ1v) is 4.39. The maximum atomic E-state index is 11.5. The van der Waals surface area contributed by atoms with Crippen molar-refractivity contribution in [3.8, 4) is 0 Å². The molecule has 0 heterocycles. The SMILES string of the molecule is [2H]CC(=O)N(C)[C@@H](C)C(=O)N[C@H](C)C(=O)O. The Balaban J connectivity index is 4.39. The predicted octanol–water partition coefficient (Wildman–Crippen LogP) is -0.557. The van der Waals surface area contributed by atoms with Gasteiger partial charge in [-0.05, 0) is 13.8 Å². The lowest BCUT2D eigenvalue weighted by Crippen LogP contribution is -2.49. The van der Waals surface area contributed by atoms with Crippen LogP contribution < -0.4 is 5.32 Å². The van der Waals surface area contributed by atoms with Gasteiger partial charge in [-0.15, -0.1) is 0 Å². The zero-order valence-electron chi connectivity index (χ0n) is 9.98. The van der Waals surface area contributed by atoms with Crippen LogP contribution in [0.15, 0.2) is 0 Å². The van der Waals surface area contributed by atoms with Gasteiger partial charge in [-0.3, -0.25) is 14.4 Å². The Hall–Kier alpha value is -1.59. The molecule has 15 heavy (non-hydrogen) atoms. The standard InChI is InChI=1S/C9H16N2O4/c1-5(9(14)15)10-8(13)6(2)11(4)7(3)12/h5-6H,1-4H3,(H,10,13)(H,14,15)/t5-,6+/m1/s1/i3D. The zero-order valence-corrected chi connectivity index (χ0v) is 8.98. The van der Waals surface area contributed by atoms with Gasteiger partial charge in [0, 0.05) is 15.3 Å². The summed E-state index contributed by atoms with van der Waals surface area (Å²) in [6.45, 7) is 2.36. The normalized spacial score (nSPS) is 14.7. The van der Waals surface area contributed by atoms with Crippen LogP contribution in [0.25, 0.3) is 0 Å². The molecule has 6 nitrogen and oxygen atoms in total. The third kappa shape index (κ3) is 3.97. The predicted molar refractivity (Wildman–Crippen MR) is 53.1 cm³/mol. The molecule has 86 valence electrons. The van der Waals surface area contributed by atoms with Gasteiger partial charge >= 0.3 is 5.97 Å². The Morgan fingerprint density at radius 1 is 1.40 bits per heavy atom. The van der Waals surface area contributed by atoms with Gasteiger partial charge in [-0.25, -0.2) is 0 Å². The minimum atomic E-state index is -1.14. The van der Waals surface area contributed by atoms with Gasteiger partial charge in [0.25, 0.3) is 0 Å². The number of hydrogen-bond donors (Lipinski definition) is 2. The molecule has 0 unspecified atom stereocenters. The first-order valence-electron chi connectivity index (χ1n) is 5.10. The molecular weight excluding hydrogens is 200 g/mol. The van der Waals surface area contributed by atoms with E-state index in [2.05, 4.69) is 5.32 Å². The molecule has 0 fully saturated rings. The molecule has 0 aliphatic carbocycles. The van der Waals surface area contributed by atoms with Crippen molar-refractivity contribution in [2.75, 3.05) is 7.05 Å². The number of amides is 2. The lowest BCUT2D eigenvalue weighted by molar-refractivity contribution is -0.143. The van der Waals surface area contributed by atoms with E-state index in [4.69, 9.17) is 6.48 Å². The van der Waals surface area contributed by atoms with E-state index in [0.717, 1.165) is 4.90 Å². The second-order valence-corrected chi connectivity index (χ2v) is 3.25. The monoisotopic (exact) mass is 217 g/mol. The first-order chi connectivity index (χ1) is 7.31. The number of aliphatic carboxylic acids is 1. The second kappa shape index (κ2) is 5.33. The van der Waals surface area contributed by atoms with Crippen molar-refractivity contribution in [3.63, 3.8) is 0 Å². The summed E-state index contributed by atoms with van der Waals surface area (Å²) >= 11 is 0. The van der Waals surface area contributed by atoms with E-state index in [9.17, 15) is 14.4 Å². The number of carbonyl (C=O) groups excluding carboxylic acids is 2. The molecule has 2 amide bonds. The molecule has 0 aromatic carbocycles. The topological polar surface area (TPSA) is 86.7 Å². The molecule has 0 aliphatic rings. The molecular formula is C9H16N2O4. The van der Waals surface area contributed by atoms with E-state index in [1.165, 1.54) is 20.9 Å². The molecule has 0 aliphatic heterocycles. The maximum absolute atomic E-state index is 11.5. The van der Waals surface area contributed by atoms with Crippen molar-refractivity contribution in [1.29, 1.82) is 0 Å². The van der Waals surface area contributed by atoms with Gasteiger partial charge in [0.2, 0.25) is 11.8 Å². The van der Waals surface area contributed by atoms with Crippen LogP contribution in [-0.2, 0) is 14.4 Å². The summed E-state index contributed by atoms with van der Waals surface area (Å²) in [5.74, 6) is -2.19. The number of carboxylic acid groups (broad SMARTS) is 1. The lowest BCUT2D eigenvalue weighted by atomic mass is 10.2. The quantitative estimate of drug-likeness (QED) is 0.661. The van der Waals surface area contributed by atoms with Gasteiger partial charge in [-0.1, -0.05) is 0 Å². The summed E-state index contributed by atoms with van der Waals surface area (Å²) in [6, 6.07) is -1.80. The molecule has 0 saturated heterocycles. The van der Waals surface area contributed by atoms with E-state index < -0.39 is 36.8 Å². The van der Waals surface area contributed by atoms with E-state index in [1.807, 2.05) is 0 Å². The van der Waals surface area contributed by atoms with Crippen LogP contribution in [0.2, 0.25) is 0 Å². The van der Waals surface area contributed by atoms with Gasteiger partial charge in [0.15, 0.2) is 0 Å². The Bertz CT molecular complexity index is 295. The first kappa shape index (κ1) is 11.5. The number of nitrogens with one attached hydrogen (secondary N) is 1. The van der Waals surface area contributed by atoms with E-state index >= 15 is 0 Å². The van der Waals surface area contributed by atoms with Gasteiger partial charge in [0.1, 0.15) is 12.1 Å². The van der Waals surface area contributed by atoms with Gasteiger partial charge in [0.05, 0.1) is 0 Å². The summed E-state index contributed by atoms with van der Waals surface area (Å²) < 4.78 is 6.87. The number of nitrogens with zero attached hydrogens (tertiary/aromatic N) is 1. The maximum Gasteiger partial charge on any atom is 0.325 e. The van der Waals surface area contributed by atoms with Crippen molar-refractivity contribution >= 4 is 17.8 Å². The summed E-state index contributed by atoms with van der Waals surface area (Å²) in [5, 5.41) is 10.8. The minimum Gasteiger partial charge on any atom is -0.480 e.